The standard InChI is InChI=1S/C13H14ClNO5/c1-15(4-2-3-11(16)17)13(18)8-5-9(14)12-10(6-8)19-7-20-12/h5-6H,2-4,7H2,1H3,(H,16,17). The van der Waals surface area contributed by atoms with Crippen LogP contribution in [0.15, 0.2) is 12.1 Å². The SMILES string of the molecule is CN(CCCC(=O)O)C(=O)c1cc(Cl)c2c(c1)OCO2. The van der Waals surface area contributed by atoms with E-state index >= 15 is 0 Å². The molecule has 1 aliphatic rings. The zero-order valence-corrected chi connectivity index (χ0v) is 11.6. The van der Waals surface area contributed by atoms with Gasteiger partial charge in [0, 0.05) is 25.6 Å². The molecule has 0 spiro atoms. The summed E-state index contributed by atoms with van der Waals surface area (Å²) in [7, 11) is 1.61. The molecule has 0 aliphatic carbocycles. The van der Waals surface area contributed by atoms with E-state index < -0.39 is 5.97 Å². The highest BCUT2D eigenvalue weighted by Gasteiger charge is 2.22. The maximum atomic E-state index is 12.2. The molecule has 0 saturated heterocycles. The third-order valence-electron chi connectivity index (χ3n) is 2.91. The van der Waals surface area contributed by atoms with Gasteiger partial charge in [0.15, 0.2) is 11.5 Å². The van der Waals surface area contributed by atoms with Crippen LogP contribution in [0.25, 0.3) is 0 Å². The van der Waals surface area contributed by atoms with Gasteiger partial charge in [-0.2, -0.15) is 0 Å². The van der Waals surface area contributed by atoms with E-state index in [1.165, 1.54) is 11.0 Å². The predicted octanol–water partition coefficient (Wildman–Crippen LogP) is 2.01. The van der Waals surface area contributed by atoms with Crippen molar-refractivity contribution in [1.82, 2.24) is 4.90 Å². The summed E-state index contributed by atoms with van der Waals surface area (Å²) < 4.78 is 10.4. The first-order valence-electron chi connectivity index (χ1n) is 6.05. The zero-order valence-electron chi connectivity index (χ0n) is 10.9. The minimum atomic E-state index is -0.878. The van der Waals surface area contributed by atoms with Gasteiger partial charge in [0.05, 0.1) is 5.02 Å². The number of carbonyl (C=O) groups is 2. The first kappa shape index (κ1) is 14.5. The number of fused-ring (bicyclic) bond motifs is 1. The smallest absolute Gasteiger partial charge is 0.303 e. The van der Waals surface area contributed by atoms with Crippen LogP contribution >= 0.6 is 11.6 Å². The number of nitrogens with zero attached hydrogens (tertiary/aromatic N) is 1. The van der Waals surface area contributed by atoms with Gasteiger partial charge in [0.25, 0.3) is 5.91 Å². The summed E-state index contributed by atoms with van der Waals surface area (Å²) in [5.74, 6) is -0.232. The van der Waals surface area contributed by atoms with E-state index in [0.29, 0.717) is 35.1 Å². The maximum absolute atomic E-state index is 12.2. The van der Waals surface area contributed by atoms with E-state index in [2.05, 4.69) is 0 Å². The van der Waals surface area contributed by atoms with E-state index in [4.69, 9.17) is 26.2 Å². The Morgan fingerprint density at radius 3 is 2.85 bits per heavy atom. The number of hydrogen-bond acceptors (Lipinski definition) is 4. The lowest BCUT2D eigenvalue weighted by Gasteiger charge is -2.17. The van der Waals surface area contributed by atoms with Crippen molar-refractivity contribution < 1.29 is 24.2 Å². The minimum Gasteiger partial charge on any atom is -0.481 e. The van der Waals surface area contributed by atoms with E-state index in [-0.39, 0.29) is 19.1 Å². The molecule has 1 N–H and O–H groups in total. The molecular weight excluding hydrogens is 286 g/mol. The molecule has 20 heavy (non-hydrogen) atoms. The number of rotatable bonds is 5. The van der Waals surface area contributed by atoms with E-state index in [1.807, 2.05) is 0 Å². The van der Waals surface area contributed by atoms with E-state index in [0.717, 1.165) is 0 Å². The quantitative estimate of drug-likeness (QED) is 0.900. The fourth-order valence-corrected chi connectivity index (χ4v) is 2.15. The van der Waals surface area contributed by atoms with E-state index in [1.54, 1.807) is 13.1 Å². The summed E-state index contributed by atoms with van der Waals surface area (Å²) in [5.41, 5.74) is 0.386. The number of aliphatic carboxylic acids is 1. The minimum absolute atomic E-state index is 0.0273. The van der Waals surface area contributed by atoms with Gasteiger partial charge in [-0.15, -0.1) is 0 Å². The second-order valence-corrected chi connectivity index (χ2v) is 4.82. The number of amides is 1. The lowest BCUT2D eigenvalue weighted by atomic mass is 10.1. The Balaban J connectivity index is 2.05. The highest BCUT2D eigenvalue weighted by atomic mass is 35.5. The summed E-state index contributed by atoms with van der Waals surface area (Å²) in [4.78, 5) is 24.1. The zero-order chi connectivity index (χ0) is 14.7. The molecular formula is C13H14ClNO5. The van der Waals surface area contributed by atoms with Crippen molar-refractivity contribution in [2.45, 2.75) is 12.8 Å². The number of benzene rings is 1. The van der Waals surface area contributed by atoms with Crippen molar-refractivity contribution in [3.05, 3.63) is 22.7 Å². The first-order valence-corrected chi connectivity index (χ1v) is 6.43. The van der Waals surface area contributed by atoms with Crippen LogP contribution in [0.2, 0.25) is 5.02 Å². The number of halogens is 1. The van der Waals surface area contributed by atoms with Crippen LogP contribution in [0.3, 0.4) is 0 Å². The van der Waals surface area contributed by atoms with Crippen molar-refractivity contribution in [2.24, 2.45) is 0 Å². The molecule has 1 aliphatic heterocycles. The molecule has 1 heterocycles. The molecule has 1 aromatic carbocycles. The Morgan fingerprint density at radius 1 is 1.40 bits per heavy atom. The van der Waals surface area contributed by atoms with Crippen molar-refractivity contribution in [3.63, 3.8) is 0 Å². The summed E-state index contributed by atoms with van der Waals surface area (Å²) in [6.07, 6.45) is 0.426. The molecule has 0 aromatic heterocycles. The van der Waals surface area contributed by atoms with Gasteiger partial charge in [0.2, 0.25) is 6.79 Å². The largest absolute Gasteiger partial charge is 0.481 e. The maximum Gasteiger partial charge on any atom is 0.303 e. The molecule has 2 rings (SSSR count). The molecule has 0 radical (unpaired) electrons. The molecule has 0 unspecified atom stereocenters. The second-order valence-electron chi connectivity index (χ2n) is 4.42. The first-order chi connectivity index (χ1) is 9.49. The van der Waals surface area contributed by atoms with Crippen LogP contribution in [-0.2, 0) is 4.79 Å². The van der Waals surface area contributed by atoms with Crippen LogP contribution in [0.1, 0.15) is 23.2 Å². The van der Waals surface area contributed by atoms with Gasteiger partial charge < -0.3 is 19.5 Å². The molecule has 0 atom stereocenters. The monoisotopic (exact) mass is 299 g/mol. The topological polar surface area (TPSA) is 76.1 Å². The van der Waals surface area contributed by atoms with Crippen LogP contribution in [-0.4, -0.2) is 42.3 Å². The molecule has 7 heteroatoms. The Kier molecular flexibility index (Phi) is 4.34. The lowest BCUT2D eigenvalue weighted by molar-refractivity contribution is -0.137. The van der Waals surface area contributed by atoms with Crippen molar-refractivity contribution in [1.29, 1.82) is 0 Å². The van der Waals surface area contributed by atoms with Gasteiger partial charge >= 0.3 is 5.97 Å². The van der Waals surface area contributed by atoms with Gasteiger partial charge in [-0.25, -0.2) is 0 Å². The predicted molar refractivity (Wildman–Crippen MR) is 71.4 cm³/mol. The molecule has 0 bridgehead atoms. The second kappa shape index (κ2) is 6.00. The van der Waals surface area contributed by atoms with Crippen molar-refractivity contribution >= 4 is 23.5 Å². The molecule has 1 amide bonds. The molecule has 1 aromatic rings. The average Bonchev–Trinajstić information content (AvgIpc) is 2.86. The average molecular weight is 300 g/mol. The molecule has 108 valence electrons. The number of ether oxygens (including phenoxy) is 2. The number of carboxylic acid groups (broad SMARTS) is 1. The van der Waals surface area contributed by atoms with Crippen molar-refractivity contribution in [2.75, 3.05) is 20.4 Å². The summed E-state index contributed by atoms with van der Waals surface area (Å²) in [6, 6.07) is 3.09. The number of hydrogen-bond donors (Lipinski definition) is 1. The number of carboxylic acids is 1. The van der Waals surface area contributed by atoms with E-state index in [9.17, 15) is 9.59 Å². The van der Waals surface area contributed by atoms with Crippen LogP contribution in [0.4, 0.5) is 0 Å². The van der Waals surface area contributed by atoms with Crippen molar-refractivity contribution in [3.8, 4) is 11.5 Å². The fourth-order valence-electron chi connectivity index (χ4n) is 1.88. The summed E-state index contributed by atoms with van der Waals surface area (Å²) in [5, 5.41) is 8.89. The van der Waals surface area contributed by atoms with Crippen LogP contribution in [0.5, 0.6) is 11.5 Å². The van der Waals surface area contributed by atoms with Crippen LogP contribution < -0.4 is 9.47 Å². The van der Waals surface area contributed by atoms with Gasteiger partial charge in [-0.1, -0.05) is 11.6 Å². The normalized spacial score (nSPS) is 12.3. The summed E-state index contributed by atoms with van der Waals surface area (Å²) >= 11 is 6.02. The lowest BCUT2D eigenvalue weighted by Crippen LogP contribution is -2.28. The number of carbonyl (C=O) groups excluding carboxylic acids is 1. The molecule has 0 fully saturated rings. The third kappa shape index (κ3) is 3.14. The fraction of sp³-hybridized carbons (Fsp3) is 0.385. The highest BCUT2D eigenvalue weighted by Crippen LogP contribution is 2.39. The third-order valence-corrected chi connectivity index (χ3v) is 3.19. The van der Waals surface area contributed by atoms with Gasteiger partial charge in [-0.05, 0) is 18.6 Å². The Hall–Kier alpha value is -1.95. The summed E-state index contributed by atoms with van der Waals surface area (Å²) in [6.45, 7) is 0.443. The highest BCUT2D eigenvalue weighted by molar-refractivity contribution is 6.32. The van der Waals surface area contributed by atoms with Crippen LogP contribution in [0, 0.1) is 0 Å². The Morgan fingerprint density at radius 2 is 2.15 bits per heavy atom. The van der Waals surface area contributed by atoms with Gasteiger partial charge in [-0.3, -0.25) is 9.59 Å². The molecule has 0 saturated carbocycles. The Labute approximate surface area is 120 Å². The molecule has 6 nitrogen and oxygen atoms in total. The Bertz CT molecular complexity index is 546. The van der Waals surface area contributed by atoms with Gasteiger partial charge in [0.1, 0.15) is 0 Å².